The fourth-order valence-corrected chi connectivity index (χ4v) is 1.69. The maximum absolute atomic E-state index is 11.5. The number of nitrogens with two attached hydrogens (primary N) is 1. The van der Waals surface area contributed by atoms with Crippen LogP contribution in [0.5, 0.6) is 0 Å². The van der Waals surface area contributed by atoms with E-state index in [2.05, 4.69) is 10.6 Å². The van der Waals surface area contributed by atoms with Crippen LogP contribution in [0.1, 0.15) is 6.42 Å². The highest BCUT2D eigenvalue weighted by Gasteiger charge is 2.21. The smallest absolute Gasteiger partial charge is 0.321 e. The Hall–Kier alpha value is -1.18. The van der Waals surface area contributed by atoms with E-state index < -0.39 is 6.03 Å². The second-order valence-electron chi connectivity index (χ2n) is 4.08. The molecular formula is C10H20N4O3. The summed E-state index contributed by atoms with van der Waals surface area (Å²) in [5.41, 5.74) is 5.72. The number of imide groups is 1. The molecule has 1 atom stereocenters. The van der Waals surface area contributed by atoms with Gasteiger partial charge in [0.25, 0.3) is 0 Å². The SMILES string of the molecule is COCCNC(=O)NC(=O)CN1CC[C@@H](N)C1. The molecule has 1 aliphatic rings. The van der Waals surface area contributed by atoms with E-state index in [9.17, 15) is 9.59 Å². The number of hydrogen-bond acceptors (Lipinski definition) is 5. The van der Waals surface area contributed by atoms with E-state index in [1.54, 1.807) is 7.11 Å². The van der Waals surface area contributed by atoms with Gasteiger partial charge in [0, 0.05) is 32.8 Å². The molecule has 1 aliphatic heterocycles. The van der Waals surface area contributed by atoms with E-state index in [1.807, 2.05) is 4.90 Å². The lowest BCUT2D eigenvalue weighted by atomic mass is 10.3. The summed E-state index contributed by atoms with van der Waals surface area (Å²) < 4.78 is 4.77. The first-order valence-electron chi connectivity index (χ1n) is 5.66. The van der Waals surface area contributed by atoms with E-state index >= 15 is 0 Å². The standard InChI is InChI=1S/C10H20N4O3/c1-17-5-3-12-10(16)13-9(15)7-14-4-2-8(11)6-14/h8H,2-7,11H2,1H3,(H2,12,13,15,16)/t8-/m1/s1. The molecule has 1 saturated heterocycles. The first-order valence-corrected chi connectivity index (χ1v) is 5.66. The number of nitrogens with one attached hydrogen (secondary N) is 2. The van der Waals surface area contributed by atoms with Crippen LogP contribution in [-0.2, 0) is 9.53 Å². The number of likely N-dealkylation sites (tertiary alicyclic amines) is 1. The minimum atomic E-state index is -0.490. The number of hydrogen-bond donors (Lipinski definition) is 3. The number of carbonyl (C=O) groups is 2. The predicted molar refractivity (Wildman–Crippen MR) is 62.4 cm³/mol. The Labute approximate surface area is 101 Å². The van der Waals surface area contributed by atoms with Crippen LogP contribution >= 0.6 is 0 Å². The number of amides is 3. The lowest BCUT2D eigenvalue weighted by Crippen LogP contribution is -2.45. The highest BCUT2D eigenvalue weighted by atomic mass is 16.5. The van der Waals surface area contributed by atoms with Gasteiger partial charge in [-0.1, -0.05) is 0 Å². The number of ether oxygens (including phenoxy) is 1. The number of urea groups is 1. The third kappa shape index (κ3) is 5.62. The highest BCUT2D eigenvalue weighted by molar-refractivity contribution is 5.95. The maximum Gasteiger partial charge on any atom is 0.321 e. The van der Waals surface area contributed by atoms with Crippen LogP contribution < -0.4 is 16.4 Å². The topological polar surface area (TPSA) is 96.7 Å². The molecule has 0 spiro atoms. The van der Waals surface area contributed by atoms with Crippen LogP contribution in [0.15, 0.2) is 0 Å². The van der Waals surface area contributed by atoms with Crippen molar-refractivity contribution in [2.45, 2.75) is 12.5 Å². The molecule has 0 saturated carbocycles. The van der Waals surface area contributed by atoms with Crippen LogP contribution in [0.3, 0.4) is 0 Å². The molecule has 4 N–H and O–H groups in total. The minimum absolute atomic E-state index is 0.137. The van der Waals surface area contributed by atoms with Crippen molar-refractivity contribution in [3.05, 3.63) is 0 Å². The monoisotopic (exact) mass is 244 g/mol. The molecule has 0 aromatic carbocycles. The van der Waals surface area contributed by atoms with Crippen molar-refractivity contribution >= 4 is 11.9 Å². The molecule has 17 heavy (non-hydrogen) atoms. The van der Waals surface area contributed by atoms with Crippen molar-refractivity contribution in [1.82, 2.24) is 15.5 Å². The number of nitrogens with zero attached hydrogens (tertiary/aromatic N) is 1. The molecular weight excluding hydrogens is 224 g/mol. The maximum atomic E-state index is 11.5. The van der Waals surface area contributed by atoms with Crippen molar-refractivity contribution in [2.24, 2.45) is 5.73 Å². The van der Waals surface area contributed by atoms with Crippen LogP contribution in [0.4, 0.5) is 4.79 Å². The second-order valence-corrected chi connectivity index (χ2v) is 4.08. The zero-order valence-corrected chi connectivity index (χ0v) is 10.1. The minimum Gasteiger partial charge on any atom is -0.383 e. The Balaban J connectivity index is 2.13. The normalized spacial score (nSPS) is 20.2. The Morgan fingerprint density at radius 1 is 1.53 bits per heavy atom. The third-order valence-corrected chi connectivity index (χ3v) is 2.52. The van der Waals surface area contributed by atoms with E-state index in [0.717, 1.165) is 13.0 Å². The fourth-order valence-electron chi connectivity index (χ4n) is 1.69. The number of carbonyl (C=O) groups excluding carboxylic acids is 2. The number of methoxy groups -OCH3 is 1. The molecule has 98 valence electrons. The van der Waals surface area contributed by atoms with Crippen LogP contribution in [0.25, 0.3) is 0 Å². The molecule has 1 heterocycles. The van der Waals surface area contributed by atoms with Gasteiger partial charge in [0.05, 0.1) is 13.2 Å². The average molecular weight is 244 g/mol. The Morgan fingerprint density at radius 3 is 2.88 bits per heavy atom. The van der Waals surface area contributed by atoms with E-state index in [0.29, 0.717) is 19.7 Å². The molecule has 0 aliphatic carbocycles. The zero-order valence-electron chi connectivity index (χ0n) is 10.1. The summed E-state index contributed by atoms with van der Waals surface area (Å²) in [7, 11) is 1.54. The van der Waals surface area contributed by atoms with E-state index in [1.165, 1.54) is 0 Å². The summed E-state index contributed by atoms with van der Waals surface area (Å²) in [6.45, 7) is 2.52. The van der Waals surface area contributed by atoms with Crippen LogP contribution in [0, 0.1) is 0 Å². The molecule has 7 nitrogen and oxygen atoms in total. The summed E-state index contributed by atoms with van der Waals surface area (Å²) in [4.78, 5) is 24.6. The summed E-state index contributed by atoms with van der Waals surface area (Å²) in [6.07, 6.45) is 0.896. The zero-order chi connectivity index (χ0) is 12.7. The lowest BCUT2D eigenvalue weighted by molar-refractivity contribution is -0.120. The van der Waals surface area contributed by atoms with Crippen LogP contribution in [0.2, 0.25) is 0 Å². The lowest BCUT2D eigenvalue weighted by Gasteiger charge is -2.14. The third-order valence-electron chi connectivity index (χ3n) is 2.52. The number of rotatable bonds is 5. The average Bonchev–Trinajstić information content (AvgIpc) is 2.64. The molecule has 0 aromatic rings. The van der Waals surface area contributed by atoms with Crippen molar-refractivity contribution < 1.29 is 14.3 Å². The quantitative estimate of drug-likeness (QED) is 0.511. The van der Waals surface area contributed by atoms with Crippen molar-refractivity contribution in [3.8, 4) is 0 Å². The van der Waals surface area contributed by atoms with Gasteiger partial charge >= 0.3 is 6.03 Å². The molecule has 3 amide bonds. The predicted octanol–water partition coefficient (Wildman–Crippen LogP) is -1.51. The van der Waals surface area contributed by atoms with Gasteiger partial charge in [-0.25, -0.2) is 4.79 Å². The summed E-state index contributed by atoms with van der Waals surface area (Å²) in [5, 5.41) is 4.76. The van der Waals surface area contributed by atoms with Gasteiger partial charge in [0.1, 0.15) is 0 Å². The summed E-state index contributed by atoms with van der Waals surface area (Å²) in [5.74, 6) is -0.311. The molecule has 0 bridgehead atoms. The van der Waals surface area contributed by atoms with Gasteiger partial charge in [-0.2, -0.15) is 0 Å². The van der Waals surface area contributed by atoms with Gasteiger partial charge in [-0.05, 0) is 6.42 Å². The van der Waals surface area contributed by atoms with Crippen molar-refractivity contribution in [3.63, 3.8) is 0 Å². The van der Waals surface area contributed by atoms with Crippen LogP contribution in [-0.4, -0.2) is 62.8 Å². The van der Waals surface area contributed by atoms with Gasteiger partial charge in [0.2, 0.25) is 5.91 Å². The summed E-state index contributed by atoms with van der Waals surface area (Å²) in [6, 6.07) is -0.353. The molecule has 1 rings (SSSR count). The molecule has 7 heteroatoms. The van der Waals surface area contributed by atoms with E-state index in [-0.39, 0.29) is 18.5 Å². The first-order chi connectivity index (χ1) is 8.11. The first kappa shape index (κ1) is 13.9. The largest absolute Gasteiger partial charge is 0.383 e. The van der Waals surface area contributed by atoms with E-state index in [4.69, 9.17) is 10.5 Å². The van der Waals surface area contributed by atoms with Gasteiger partial charge in [-0.15, -0.1) is 0 Å². The van der Waals surface area contributed by atoms with Crippen molar-refractivity contribution in [2.75, 3.05) is 39.9 Å². The second kappa shape index (κ2) is 7.21. The molecule has 0 unspecified atom stereocenters. The van der Waals surface area contributed by atoms with Crippen molar-refractivity contribution in [1.29, 1.82) is 0 Å². The highest BCUT2D eigenvalue weighted by Crippen LogP contribution is 2.05. The Kier molecular flexibility index (Phi) is 5.88. The Bertz CT molecular complexity index is 272. The van der Waals surface area contributed by atoms with Gasteiger partial charge in [0.15, 0.2) is 0 Å². The Morgan fingerprint density at radius 2 is 2.29 bits per heavy atom. The van der Waals surface area contributed by atoms with Gasteiger partial charge < -0.3 is 15.8 Å². The molecule has 0 aromatic heterocycles. The summed E-state index contributed by atoms with van der Waals surface area (Å²) >= 11 is 0. The van der Waals surface area contributed by atoms with Gasteiger partial charge in [-0.3, -0.25) is 15.0 Å². The molecule has 1 fully saturated rings. The molecule has 0 radical (unpaired) electrons. The fraction of sp³-hybridized carbons (Fsp3) is 0.800.